The van der Waals surface area contributed by atoms with Crippen LogP contribution in [-0.2, 0) is 19.6 Å². The molecule has 1 N–H and O–H groups in total. The standard InChI is InChI=1S/C25H23N7O/c1-2-7-19(8-3-1)13-14-26-17-20-9-6-10-21(28-20)18-33-25-23-12-5-4-11-22(23)24(29-30-25)32-16-15-27-31-32/h1-12,15-16,26H,13-14,17-18H2. The zero-order valence-corrected chi connectivity index (χ0v) is 18.0. The van der Waals surface area contributed by atoms with Crippen molar-refractivity contribution < 1.29 is 4.74 Å². The van der Waals surface area contributed by atoms with E-state index >= 15 is 0 Å². The van der Waals surface area contributed by atoms with E-state index in [9.17, 15) is 0 Å². The Hall–Kier alpha value is -4.17. The highest BCUT2D eigenvalue weighted by Crippen LogP contribution is 2.26. The molecule has 0 saturated heterocycles. The van der Waals surface area contributed by atoms with E-state index in [-0.39, 0.29) is 0 Å². The minimum Gasteiger partial charge on any atom is -0.470 e. The second-order valence-corrected chi connectivity index (χ2v) is 7.54. The highest BCUT2D eigenvalue weighted by Gasteiger charge is 2.12. The first kappa shape index (κ1) is 20.7. The number of benzene rings is 2. The van der Waals surface area contributed by atoms with Crippen molar-refractivity contribution in [3.05, 3.63) is 102 Å². The van der Waals surface area contributed by atoms with Gasteiger partial charge in [0, 0.05) is 17.3 Å². The Morgan fingerprint density at radius 3 is 2.48 bits per heavy atom. The van der Waals surface area contributed by atoms with Crippen LogP contribution in [0.4, 0.5) is 0 Å². The van der Waals surface area contributed by atoms with E-state index in [1.807, 2.05) is 48.5 Å². The molecule has 0 unspecified atom stereocenters. The fourth-order valence-corrected chi connectivity index (χ4v) is 3.61. The van der Waals surface area contributed by atoms with Gasteiger partial charge in [-0.2, -0.15) is 4.68 Å². The normalized spacial score (nSPS) is 11.0. The minimum absolute atomic E-state index is 0.305. The fraction of sp³-hybridized carbons (Fsp3) is 0.160. The quantitative estimate of drug-likeness (QED) is 0.353. The van der Waals surface area contributed by atoms with Crippen molar-refractivity contribution in [3.8, 4) is 11.7 Å². The molecule has 5 aromatic rings. The first-order chi connectivity index (χ1) is 16.4. The van der Waals surface area contributed by atoms with Gasteiger partial charge in [-0.1, -0.05) is 59.8 Å². The molecule has 0 aliphatic carbocycles. The van der Waals surface area contributed by atoms with E-state index in [0.29, 0.717) is 24.8 Å². The average molecular weight is 438 g/mol. The number of aromatic nitrogens is 6. The number of pyridine rings is 1. The van der Waals surface area contributed by atoms with E-state index in [0.717, 1.165) is 35.1 Å². The molecule has 0 atom stereocenters. The smallest absolute Gasteiger partial charge is 0.241 e. The Balaban J connectivity index is 1.23. The number of fused-ring (bicyclic) bond motifs is 1. The maximum absolute atomic E-state index is 6.01. The summed E-state index contributed by atoms with van der Waals surface area (Å²) in [5.74, 6) is 1.07. The van der Waals surface area contributed by atoms with Crippen LogP contribution >= 0.6 is 0 Å². The van der Waals surface area contributed by atoms with Crippen LogP contribution < -0.4 is 10.1 Å². The summed E-state index contributed by atoms with van der Waals surface area (Å²) < 4.78 is 7.61. The predicted molar refractivity (Wildman–Crippen MR) is 125 cm³/mol. The maximum atomic E-state index is 6.01. The van der Waals surface area contributed by atoms with Crippen molar-refractivity contribution in [2.24, 2.45) is 0 Å². The van der Waals surface area contributed by atoms with Crippen molar-refractivity contribution in [3.63, 3.8) is 0 Å². The number of nitrogens with one attached hydrogen (secondary N) is 1. The molecule has 0 bridgehead atoms. The van der Waals surface area contributed by atoms with Crippen LogP contribution in [0.1, 0.15) is 17.0 Å². The number of rotatable bonds is 9. The number of hydrogen-bond acceptors (Lipinski definition) is 7. The van der Waals surface area contributed by atoms with Crippen LogP contribution in [0.25, 0.3) is 16.6 Å². The third kappa shape index (κ3) is 5.02. The van der Waals surface area contributed by atoms with Crippen LogP contribution in [0.2, 0.25) is 0 Å². The molecule has 3 aromatic heterocycles. The van der Waals surface area contributed by atoms with Gasteiger partial charge >= 0.3 is 0 Å². The van der Waals surface area contributed by atoms with Gasteiger partial charge in [-0.3, -0.25) is 4.98 Å². The largest absolute Gasteiger partial charge is 0.470 e. The molecule has 0 aliphatic rings. The Labute approximate surface area is 191 Å². The van der Waals surface area contributed by atoms with Crippen molar-refractivity contribution in [1.29, 1.82) is 0 Å². The lowest BCUT2D eigenvalue weighted by atomic mass is 10.1. The Morgan fingerprint density at radius 1 is 0.818 bits per heavy atom. The minimum atomic E-state index is 0.305. The van der Waals surface area contributed by atoms with E-state index in [2.05, 4.69) is 50.1 Å². The molecule has 0 radical (unpaired) electrons. The third-order valence-electron chi connectivity index (χ3n) is 5.23. The third-order valence-corrected chi connectivity index (χ3v) is 5.23. The molecule has 164 valence electrons. The second kappa shape index (κ2) is 9.97. The van der Waals surface area contributed by atoms with Crippen molar-refractivity contribution in [2.45, 2.75) is 19.6 Å². The van der Waals surface area contributed by atoms with Gasteiger partial charge in [-0.25, -0.2) is 0 Å². The molecule has 0 aliphatic heterocycles. The monoisotopic (exact) mass is 437 g/mol. The Morgan fingerprint density at radius 2 is 1.64 bits per heavy atom. The Kier molecular flexibility index (Phi) is 6.26. The fourth-order valence-electron chi connectivity index (χ4n) is 3.61. The van der Waals surface area contributed by atoms with Gasteiger partial charge in [0.1, 0.15) is 6.61 Å². The predicted octanol–water partition coefficient (Wildman–Crippen LogP) is 3.52. The summed E-state index contributed by atoms with van der Waals surface area (Å²) in [6.45, 7) is 1.90. The van der Waals surface area contributed by atoms with Gasteiger partial charge in [0.2, 0.25) is 5.88 Å². The summed E-state index contributed by atoms with van der Waals surface area (Å²) in [5.41, 5.74) is 3.13. The number of ether oxygens (including phenoxy) is 1. The molecule has 3 heterocycles. The summed E-state index contributed by atoms with van der Waals surface area (Å²) in [5, 5.41) is 21.7. The zero-order chi connectivity index (χ0) is 22.3. The molecule has 0 fully saturated rings. The molecule has 0 saturated carbocycles. The summed E-state index contributed by atoms with van der Waals surface area (Å²) in [6, 6.07) is 24.2. The molecule has 8 heteroatoms. The molecule has 0 amide bonds. The van der Waals surface area contributed by atoms with Crippen LogP contribution in [0.15, 0.2) is 85.2 Å². The molecule has 5 rings (SSSR count). The van der Waals surface area contributed by atoms with Gasteiger partial charge in [0.15, 0.2) is 5.82 Å². The van der Waals surface area contributed by atoms with Crippen molar-refractivity contribution in [1.82, 2.24) is 35.5 Å². The zero-order valence-electron chi connectivity index (χ0n) is 18.0. The molecular weight excluding hydrogens is 414 g/mol. The second-order valence-electron chi connectivity index (χ2n) is 7.54. The highest BCUT2D eigenvalue weighted by atomic mass is 16.5. The first-order valence-corrected chi connectivity index (χ1v) is 10.8. The molecule has 33 heavy (non-hydrogen) atoms. The van der Waals surface area contributed by atoms with Gasteiger partial charge < -0.3 is 10.1 Å². The average Bonchev–Trinajstić information content (AvgIpc) is 3.41. The maximum Gasteiger partial charge on any atom is 0.241 e. The van der Waals surface area contributed by atoms with Gasteiger partial charge in [0.25, 0.3) is 0 Å². The highest BCUT2D eigenvalue weighted by molar-refractivity contribution is 5.91. The van der Waals surface area contributed by atoms with E-state index in [1.165, 1.54) is 5.56 Å². The summed E-state index contributed by atoms with van der Waals surface area (Å²) in [7, 11) is 0. The number of hydrogen-bond donors (Lipinski definition) is 1. The summed E-state index contributed by atoms with van der Waals surface area (Å²) in [4.78, 5) is 4.71. The number of nitrogens with zero attached hydrogens (tertiary/aromatic N) is 6. The summed E-state index contributed by atoms with van der Waals surface area (Å²) in [6.07, 6.45) is 4.33. The Bertz CT molecular complexity index is 1320. The topological polar surface area (TPSA) is 90.6 Å². The van der Waals surface area contributed by atoms with Crippen LogP contribution in [-0.4, -0.2) is 36.7 Å². The lowest BCUT2D eigenvalue weighted by molar-refractivity contribution is 0.289. The van der Waals surface area contributed by atoms with E-state index in [1.54, 1.807) is 17.1 Å². The SMILES string of the molecule is c1ccc(CCNCc2cccc(COc3nnc(-n4ccnn4)c4ccccc34)n2)cc1. The molecule has 8 nitrogen and oxygen atoms in total. The van der Waals surface area contributed by atoms with Crippen LogP contribution in [0.3, 0.4) is 0 Å². The van der Waals surface area contributed by atoms with Crippen molar-refractivity contribution in [2.75, 3.05) is 6.54 Å². The lowest BCUT2D eigenvalue weighted by Crippen LogP contribution is -2.17. The first-order valence-electron chi connectivity index (χ1n) is 10.8. The van der Waals surface area contributed by atoms with E-state index < -0.39 is 0 Å². The summed E-state index contributed by atoms with van der Waals surface area (Å²) >= 11 is 0. The van der Waals surface area contributed by atoms with Gasteiger partial charge in [-0.05, 0) is 36.7 Å². The molecular formula is C25H23N7O. The lowest BCUT2D eigenvalue weighted by Gasteiger charge is -2.11. The van der Waals surface area contributed by atoms with E-state index in [4.69, 9.17) is 9.72 Å². The van der Waals surface area contributed by atoms with Gasteiger partial charge in [-0.15, -0.1) is 15.3 Å². The van der Waals surface area contributed by atoms with Crippen LogP contribution in [0.5, 0.6) is 5.88 Å². The van der Waals surface area contributed by atoms with Crippen molar-refractivity contribution >= 4 is 10.8 Å². The van der Waals surface area contributed by atoms with Gasteiger partial charge in [0.05, 0.1) is 23.8 Å². The molecule has 0 spiro atoms. The van der Waals surface area contributed by atoms with Crippen LogP contribution in [0, 0.1) is 0 Å². The molecule has 2 aromatic carbocycles.